The van der Waals surface area contributed by atoms with Crippen molar-refractivity contribution >= 4 is 10.8 Å². The van der Waals surface area contributed by atoms with Gasteiger partial charge >= 0.3 is 0 Å². The Bertz CT molecular complexity index is 549. The molecular formula is C16H20O3. The molecule has 3 heteroatoms. The maximum Gasteiger partial charge on any atom is 0.161 e. The van der Waals surface area contributed by atoms with Crippen molar-refractivity contribution in [2.75, 3.05) is 13.7 Å². The normalized spacial score (nSPS) is 10.7. The summed E-state index contributed by atoms with van der Waals surface area (Å²) in [4.78, 5) is 0. The molecule has 0 heterocycles. The summed E-state index contributed by atoms with van der Waals surface area (Å²) in [6.45, 7) is 2.85. The number of fused-ring (bicyclic) bond motifs is 1. The van der Waals surface area contributed by atoms with E-state index in [2.05, 4.69) is 6.92 Å². The van der Waals surface area contributed by atoms with Crippen LogP contribution in [0.4, 0.5) is 0 Å². The zero-order valence-electron chi connectivity index (χ0n) is 11.5. The van der Waals surface area contributed by atoms with E-state index < -0.39 is 0 Å². The number of hydrogen-bond donors (Lipinski definition) is 1. The van der Waals surface area contributed by atoms with Crippen LogP contribution in [0.1, 0.15) is 25.3 Å². The first kappa shape index (κ1) is 13.7. The number of unbranched alkanes of at least 4 members (excludes halogenated alkanes) is 1. The van der Waals surface area contributed by atoms with E-state index in [1.807, 2.05) is 30.3 Å². The number of ether oxygens (including phenoxy) is 2. The minimum absolute atomic E-state index is 0.0243. The fourth-order valence-corrected chi connectivity index (χ4v) is 2.09. The standard InChI is InChI=1S/C16H20O3/c1-3-4-8-19-16-9-12-6-5-7-13(11-17)14(12)10-15(16)18-2/h5-7,9-10,17H,3-4,8,11H2,1-2H3. The van der Waals surface area contributed by atoms with Crippen LogP contribution < -0.4 is 9.47 Å². The highest BCUT2D eigenvalue weighted by atomic mass is 16.5. The van der Waals surface area contributed by atoms with Gasteiger partial charge in [-0.3, -0.25) is 0 Å². The summed E-state index contributed by atoms with van der Waals surface area (Å²) in [6, 6.07) is 9.78. The van der Waals surface area contributed by atoms with E-state index in [1.165, 1.54) is 0 Å². The van der Waals surface area contributed by atoms with Gasteiger partial charge in [-0.05, 0) is 34.9 Å². The Labute approximate surface area is 113 Å². The van der Waals surface area contributed by atoms with Gasteiger partial charge in [-0.25, -0.2) is 0 Å². The Morgan fingerprint density at radius 1 is 1.16 bits per heavy atom. The molecule has 0 unspecified atom stereocenters. The Morgan fingerprint density at radius 2 is 2.00 bits per heavy atom. The lowest BCUT2D eigenvalue weighted by molar-refractivity contribution is 0.282. The molecular weight excluding hydrogens is 240 g/mol. The lowest BCUT2D eigenvalue weighted by atomic mass is 10.0. The molecule has 1 N–H and O–H groups in total. The molecule has 0 atom stereocenters. The lowest BCUT2D eigenvalue weighted by Crippen LogP contribution is -1.99. The molecule has 102 valence electrons. The van der Waals surface area contributed by atoms with Gasteiger partial charge in [-0.15, -0.1) is 0 Å². The second kappa shape index (κ2) is 6.43. The van der Waals surface area contributed by atoms with E-state index in [1.54, 1.807) is 7.11 Å². The van der Waals surface area contributed by atoms with Crippen molar-refractivity contribution in [1.82, 2.24) is 0 Å². The van der Waals surface area contributed by atoms with Gasteiger partial charge in [0.15, 0.2) is 11.5 Å². The van der Waals surface area contributed by atoms with Crippen LogP contribution in [0.25, 0.3) is 10.8 Å². The summed E-state index contributed by atoms with van der Waals surface area (Å²) in [5.74, 6) is 1.48. The van der Waals surface area contributed by atoms with Crippen molar-refractivity contribution in [2.45, 2.75) is 26.4 Å². The van der Waals surface area contributed by atoms with Gasteiger partial charge in [-0.1, -0.05) is 31.5 Å². The number of aliphatic hydroxyl groups is 1. The Hall–Kier alpha value is -1.74. The zero-order chi connectivity index (χ0) is 13.7. The summed E-state index contributed by atoms with van der Waals surface area (Å²) < 4.78 is 11.1. The summed E-state index contributed by atoms with van der Waals surface area (Å²) in [5.41, 5.74) is 0.899. The fourth-order valence-electron chi connectivity index (χ4n) is 2.09. The summed E-state index contributed by atoms with van der Waals surface area (Å²) in [5, 5.41) is 11.4. The third-order valence-electron chi connectivity index (χ3n) is 3.18. The molecule has 2 rings (SSSR count). The van der Waals surface area contributed by atoms with Gasteiger partial charge in [-0.2, -0.15) is 0 Å². The molecule has 0 aliphatic heterocycles. The van der Waals surface area contributed by atoms with Crippen molar-refractivity contribution in [3.05, 3.63) is 35.9 Å². The highest BCUT2D eigenvalue weighted by Crippen LogP contribution is 2.34. The molecule has 2 aromatic carbocycles. The Morgan fingerprint density at radius 3 is 2.68 bits per heavy atom. The first-order valence-corrected chi connectivity index (χ1v) is 6.63. The quantitative estimate of drug-likeness (QED) is 0.808. The Balaban J connectivity index is 2.41. The number of hydrogen-bond acceptors (Lipinski definition) is 3. The molecule has 0 aliphatic carbocycles. The van der Waals surface area contributed by atoms with E-state index in [4.69, 9.17) is 9.47 Å². The Kier molecular flexibility index (Phi) is 4.63. The van der Waals surface area contributed by atoms with E-state index in [0.717, 1.165) is 34.9 Å². The molecule has 0 spiro atoms. The molecule has 0 saturated carbocycles. The number of benzene rings is 2. The minimum Gasteiger partial charge on any atom is -0.493 e. The molecule has 2 aromatic rings. The predicted octanol–water partition coefficient (Wildman–Crippen LogP) is 3.52. The lowest BCUT2D eigenvalue weighted by Gasteiger charge is -2.13. The van der Waals surface area contributed by atoms with Crippen LogP contribution >= 0.6 is 0 Å². The molecule has 0 aliphatic rings. The van der Waals surface area contributed by atoms with Gasteiger partial charge in [0.2, 0.25) is 0 Å². The molecule has 19 heavy (non-hydrogen) atoms. The SMILES string of the molecule is CCCCOc1cc2cccc(CO)c2cc1OC. The average molecular weight is 260 g/mol. The van der Waals surface area contributed by atoms with Crippen LogP contribution in [-0.4, -0.2) is 18.8 Å². The van der Waals surface area contributed by atoms with Crippen molar-refractivity contribution in [3.8, 4) is 11.5 Å². The number of aliphatic hydroxyl groups excluding tert-OH is 1. The molecule has 0 amide bonds. The minimum atomic E-state index is 0.0243. The summed E-state index contributed by atoms with van der Waals surface area (Å²) in [7, 11) is 1.63. The van der Waals surface area contributed by atoms with Crippen LogP contribution in [0, 0.1) is 0 Å². The van der Waals surface area contributed by atoms with Crippen LogP contribution in [-0.2, 0) is 6.61 Å². The third-order valence-corrected chi connectivity index (χ3v) is 3.18. The molecule has 0 aromatic heterocycles. The van der Waals surface area contributed by atoms with Gasteiger partial charge < -0.3 is 14.6 Å². The second-order valence-corrected chi connectivity index (χ2v) is 4.50. The maximum absolute atomic E-state index is 9.37. The molecule has 0 fully saturated rings. The van der Waals surface area contributed by atoms with Crippen LogP contribution in [0.5, 0.6) is 11.5 Å². The first-order chi connectivity index (χ1) is 9.30. The summed E-state index contributed by atoms with van der Waals surface area (Å²) in [6.07, 6.45) is 2.13. The van der Waals surface area contributed by atoms with Crippen LogP contribution in [0.15, 0.2) is 30.3 Å². The smallest absolute Gasteiger partial charge is 0.161 e. The van der Waals surface area contributed by atoms with E-state index in [-0.39, 0.29) is 6.61 Å². The number of rotatable bonds is 6. The van der Waals surface area contributed by atoms with E-state index in [0.29, 0.717) is 12.4 Å². The molecule has 0 bridgehead atoms. The van der Waals surface area contributed by atoms with E-state index >= 15 is 0 Å². The zero-order valence-corrected chi connectivity index (χ0v) is 11.5. The summed E-state index contributed by atoms with van der Waals surface area (Å²) >= 11 is 0. The topological polar surface area (TPSA) is 38.7 Å². The van der Waals surface area contributed by atoms with Gasteiger partial charge in [0, 0.05) is 0 Å². The van der Waals surface area contributed by atoms with E-state index in [9.17, 15) is 5.11 Å². The monoisotopic (exact) mass is 260 g/mol. The van der Waals surface area contributed by atoms with Gasteiger partial charge in [0.1, 0.15) is 0 Å². The van der Waals surface area contributed by atoms with Gasteiger partial charge in [0.05, 0.1) is 20.3 Å². The molecule has 3 nitrogen and oxygen atoms in total. The van der Waals surface area contributed by atoms with Crippen LogP contribution in [0.3, 0.4) is 0 Å². The maximum atomic E-state index is 9.37. The van der Waals surface area contributed by atoms with Gasteiger partial charge in [0.25, 0.3) is 0 Å². The van der Waals surface area contributed by atoms with Crippen LogP contribution in [0.2, 0.25) is 0 Å². The second-order valence-electron chi connectivity index (χ2n) is 4.50. The van der Waals surface area contributed by atoms with Crippen molar-refractivity contribution in [2.24, 2.45) is 0 Å². The predicted molar refractivity (Wildman–Crippen MR) is 76.8 cm³/mol. The largest absolute Gasteiger partial charge is 0.493 e. The first-order valence-electron chi connectivity index (χ1n) is 6.63. The van der Waals surface area contributed by atoms with Crippen molar-refractivity contribution < 1.29 is 14.6 Å². The highest BCUT2D eigenvalue weighted by molar-refractivity contribution is 5.88. The fraction of sp³-hybridized carbons (Fsp3) is 0.375. The average Bonchev–Trinajstić information content (AvgIpc) is 2.46. The highest BCUT2D eigenvalue weighted by Gasteiger charge is 2.09. The van der Waals surface area contributed by atoms with Crippen molar-refractivity contribution in [3.63, 3.8) is 0 Å². The number of methoxy groups -OCH3 is 1. The molecule has 0 saturated heterocycles. The molecule has 0 radical (unpaired) electrons. The van der Waals surface area contributed by atoms with Crippen molar-refractivity contribution in [1.29, 1.82) is 0 Å². The third kappa shape index (κ3) is 2.99.